The van der Waals surface area contributed by atoms with Crippen LogP contribution in [0.5, 0.6) is 0 Å². The molecule has 0 aromatic carbocycles. The molecule has 0 unspecified atom stereocenters. The van der Waals surface area contributed by atoms with Gasteiger partial charge in [-0.25, -0.2) is 0 Å². The first-order chi connectivity index (χ1) is 4.60. The Balaban J connectivity index is 4.02. The summed E-state index contributed by atoms with van der Waals surface area (Å²) >= 11 is 0. The lowest BCUT2D eigenvalue weighted by molar-refractivity contribution is 0.0482. The van der Waals surface area contributed by atoms with Crippen LogP contribution in [0.3, 0.4) is 0 Å². The van der Waals surface area contributed by atoms with Crippen LogP contribution in [-0.4, -0.2) is 23.4 Å². The molecule has 0 heterocycles. The van der Waals surface area contributed by atoms with E-state index in [2.05, 4.69) is 0 Å². The molecule has 0 aliphatic heterocycles. The highest BCUT2D eigenvalue weighted by molar-refractivity contribution is 4.76. The minimum atomic E-state index is -0.102. The van der Waals surface area contributed by atoms with E-state index in [1.807, 2.05) is 20.8 Å². The third kappa shape index (κ3) is 1.96. The Morgan fingerprint density at radius 3 is 2.00 bits per heavy atom. The van der Waals surface area contributed by atoms with E-state index in [1.165, 1.54) is 0 Å². The van der Waals surface area contributed by atoms with Crippen molar-refractivity contribution in [2.24, 2.45) is 11.3 Å². The molecular weight excluding hydrogens is 128 g/mol. The Bertz CT molecular complexity index is 87.3. The van der Waals surface area contributed by atoms with Crippen LogP contribution >= 0.6 is 0 Å². The fourth-order valence-corrected chi connectivity index (χ4v) is 0.836. The maximum atomic E-state index is 8.98. The van der Waals surface area contributed by atoms with E-state index < -0.39 is 0 Å². The van der Waals surface area contributed by atoms with Crippen molar-refractivity contribution < 1.29 is 10.2 Å². The van der Waals surface area contributed by atoms with Gasteiger partial charge in [0.25, 0.3) is 0 Å². The summed E-state index contributed by atoms with van der Waals surface area (Å²) < 4.78 is 0. The molecule has 0 bridgehead atoms. The van der Waals surface area contributed by atoms with Gasteiger partial charge in [-0.05, 0) is 17.8 Å². The third-order valence-electron chi connectivity index (χ3n) is 2.63. The molecule has 0 saturated carbocycles. The Morgan fingerprint density at radius 1 is 1.40 bits per heavy atom. The molecule has 62 valence electrons. The van der Waals surface area contributed by atoms with Crippen LogP contribution < -0.4 is 0 Å². The van der Waals surface area contributed by atoms with Gasteiger partial charge < -0.3 is 10.2 Å². The SMILES string of the molecule is CC[C@](C)(CO)[C@H](C)CO. The second kappa shape index (κ2) is 3.94. The second-order valence-electron chi connectivity index (χ2n) is 3.25. The minimum absolute atomic E-state index is 0.102. The summed E-state index contributed by atoms with van der Waals surface area (Å²) in [4.78, 5) is 0. The summed E-state index contributed by atoms with van der Waals surface area (Å²) in [6, 6.07) is 0. The number of aliphatic hydroxyl groups is 2. The lowest BCUT2D eigenvalue weighted by Crippen LogP contribution is -2.30. The molecule has 2 atom stereocenters. The second-order valence-corrected chi connectivity index (χ2v) is 3.25. The Kier molecular flexibility index (Phi) is 3.91. The van der Waals surface area contributed by atoms with Crippen molar-refractivity contribution in [3.8, 4) is 0 Å². The van der Waals surface area contributed by atoms with E-state index in [4.69, 9.17) is 10.2 Å². The van der Waals surface area contributed by atoms with Gasteiger partial charge in [0, 0.05) is 13.2 Å². The molecule has 0 fully saturated rings. The van der Waals surface area contributed by atoms with Crippen molar-refractivity contribution in [2.45, 2.75) is 27.2 Å². The van der Waals surface area contributed by atoms with Crippen LogP contribution in [0.15, 0.2) is 0 Å². The zero-order chi connectivity index (χ0) is 8.20. The highest BCUT2D eigenvalue weighted by atomic mass is 16.3. The molecular formula is C8H18O2. The lowest BCUT2D eigenvalue weighted by Gasteiger charge is -2.31. The van der Waals surface area contributed by atoms with Crippen LogP contribution in [0.2, 0.25) is 0 Å². The standard InChI is InChI=1S/C8H18O2/c1-4-8(3,6-10)7(2)5-9/h7,9-10H,4-6H2,1-3H3/t7-,8-/m1/s1. The summed E-state index contributed by atoms with van der Waals surface area (Å²) in [5, 5.41) is 17.8. The van der Waals surface area contributed by atoms with Crippen molar-refractivity contribution >= 4 is 0 Å². The average molecular weight is 146 g/mol. The van der Waals surface area contributed by atoms with Crippen molar-refractivity contribution in [3.63, 3.8) is 0 Å². The van der Waals surface area contributed by atoms with Crippen LogP contribution in [0.1, 0.15) is 27.2 Å². The molecule has 0 rings (SSSR count). The highest BCUT2D eigenvalue weighted by Gasteiger charge is 2.27. The van der Waals surface area contributed by atoms with Gasteiger partial charge in [-0.2, -0.15) is 0 Å². The van der Waals surface area contributed by atoms with Crippen molar-refractivity contribution in [3.05, 3.63) is 0 Å². The zero-order valence-electron chi connectivity index (χ0n) is 7.09. The molecule has 0 aliphatic rings. The molecule has 0 spiro atoms. The number of aliphatic hydroxyl groups excluding tert-OH is 2. The third-order valence-corrected chi connectivity index (χ3v) is 2.63. The first-order valence-corrected chi connectivity index (χ1v) is 3.82. The van der Waals surface area contributed by atoms with E-state index in [9.17, 15) is 0 Å². The van der Waals surface area contributed by atoms with Crippen molar-refractivity contribution in [1.29, 1.82) is 0 Å². The summed E-state index contributed by atoms with van der Waals surface area (Å²) in [6.07, 6.45) is 0.908. The lowest BCUT2D eigenvalue weighted by atomic mass is 9.77. The topological polar surface area (TPSA) is 40.5 Å². The average Bonchev–Trinajstić information content (AvgIpc) is 2.01. The van der Waals surface area contributed by atoms with Crippen molar-refractivity contribution in [1.82, 2.24) is 0 Å². The molecule has 0 amide bonds. The maximum absolute atomic E-state index is 8.98. The van der Waals surface area contributed by atoms with Gasteiger partial charge in [-0.3, -0.25) is 0 Å². The molecule has 0 radical (unpaired) electrons. The molecule has 10 heavy (non-hydrogen) atoms. The van der Waals surface area contributed by atoms with E-state index in [-0.39, 0.29) is 24.5 Å². The number of hydrogen-bond acceptors (Lipinski definition) is 2. The van der Waals surface area contributed by atoms with Crippen LogP contribution in [0.25, 0.3) is 0 Å². The van der Waals surface area contributed by atoms with E-state index >= 15 is 0 Å². The van der Waals surface area contributed by atoms with Gasteiger partial charge in [0.2, 0.25) is 0 Å². The Labute approximate surface area is 62.9 Å². The van der Waals surface area contributed by atoms with E-state index in [1.54, 1.807) is 0 Å². The van der Waals surface area contributed by atoms with E-state index in [0.29, 0.717) is 0 Å². The number of rotatable bonds is 4. The normalized spacial score (nSPS) is 20.1. The van der Waals surface area contributed by atoms with Crippen LogP contribution in [0, 0.1) is 11.3 Å². The van der Waals surface area contributed by atoms with Gasteiger partial charge in [-0.15, -0.1) is 0 Å². The Morgan fingerprint density at radius 2 is 1.90 bits per heavy atom. The first-order valence-electron chi connectivity index (χ1n) is 3.82. The predicted molar refractivity (Wildman–Crippen MR) is 41.7 cm³/mol. The molecule has 2 N–H and O–H groups in total. The first kappa shape index (κ1) is 9.92. The van der Waals surface area contributed by atoms with Gasteiger partial charge >= 0.3 is 0 Å². The van der Waals surface area contributed by atoms with Gasteiger partial charge in [0.05, 0.1) is 0 Å². The highest BCUT2D eigenvalue weighted by Crippen LogP contribution is 2.29. The largest absolute Gasteiger partial charge is 0.396 e. The van der Waals surface area contributed by atoms with Crippen molar-refractivity contribution in [2.75, 3.05) is 13.2 Å². The summed E-state index contributed by atoms with van der Waals surface area (Å²) in [6.45, 7) is 6.30. The Hall–Kier alpha value is -0.0800. The fraction of sp³-hybridized carbons (Fsp3) is 1.00. The zero-order valence-corrected chi connectivity index (χ0v) is 7.09. The molecule has 2 heteroatoms. The molecule has 2 nitrogen and oxygen atoms in total. The molecule has 0 aliphatic carbocycles. The fourth-order valence-electron chi connectivity index (χ4n) is 0.836. The summed E-state index contributed by atoms with van der Waals surface area (Å²) in [5.41, 5.74) is -0.102. The van der Waals surface area contributed by atoms with Gasteiger partial charge in [-0.1, -0.05) is 20.8 Å². The van der Waals surface area contributed by atoms with Crippen LogP contribution in [-0.2, 0) is 0 Å². The smallest absolute Gasteiger partial charge is 0.0488 e. The monoisotopic (exact) mass is 146 g/mol. The quantitative estimate of drug-likeness (QED) is 0.621. The van der Waals surface area contributed by atoms with E-state index in [0.717, 1.165) is 6.42 Å². The molecule has 0 aromatic heterocycles. The minimum Gasteiger partial charge on any atom is -0.396 e. The van der Waals surface area contributed by atoms with Gasteiger partial charge in [0.15, 0.2) is 0 Å². The predicted octanol–water partition coefficient (Wildman–Crippen LogP) is 1.02. The summed E-state index contributed by atoms with van der Waals surface area (Å²) in [5.74, 6) is 0.183. The maximum Gasteiger partial charge on any atom is 0.0488 e. The molecule has 0 saturated heterocycles. The van der Waals surface area contributed by atoms with Gasteiger partial charge in [0.1, 0.15) is 0 Å². The number of hydrogen-bond donors (Lipinski definition) is 2. The van der Waals surface area contributed by atoms with Crippen LogP contribution in [0.4, 0.5) is 0 Å². The molecule has 0 aromatic rings. The summed E-state index contributed by atoms with van der Waals surface area (Å²) in [7, 11) is 0.